The molecule has 74 valence electrons. The second-order valence-corrected chi connectivity index (χ2v) is 5.40. The van der Waals surface area contributed by atoms with Gasteiger partial charge in [-0.05, 0) is 77.6 Å². The molecule has 1 fully saturated rings. The van der Waals surface area contributed by atoms with Crippen LogP contribution < -0.4 is 5.32 Å². The highest BCUT2D eigenvalue weighted by atomic mass is 127. The SMILES string of the molecule is Ic1ccc([C@@H]2CCN2)c2c1CCC2. The number of rotatable bonds is 1. The van der Waals surface area contributed by atoms with Gasteiger partial charge in [0.05, 0.1) is 0 Å². The number of hydrogen-bond acceptors (Lipinski definition) is 1. The summed E-state index contributed by atoms with van der Waals surface area (Å²) in [5, 5.41) is 3.51. The van der Waals surface area contributed by atoms with Crippen molar-refractivity contribution in [3.05, 3.63) is 32.4 Å². The molecule has 3 rings (SSSR count). The van der Waals surface area contributed by atoms with Gasteiger partial charge in [0.15, 0.2) is 0 Å². The third kappa shape index (κ3) is 1.31. The van der Waals surface area contributed by atoms with Gasteiger partial charge in [0, 0.05) is 9.61 Å². The van der Waals surface area contributed by atoms with Gasteiger partial charge in [-0.1, -0.05) is 6.07 Å². The van der Waals surface area contributed by atoms with Crippen molar-refractivity contribution in [3.63, 3.8) is 0 Å². The first kappa shape index (κ1) is 9.16. The lowest BCUT2D eigenvalue weighted by Gasteiger charge is -2.30. The van der Waals surface area contributed by atoms with Crippen LogP contribution in [0.15, 0.2) is 12.1 Å². The van der Waals surface area contributed by atoms with Crippen LogP contribution in [0.2, 0.25) is 0 Å². The van der Waals surface area contributed by atoms with Gasteiger partial charge in [-0.2, -0.15) is 0 Å². The van der Waals surface area contributed by atoms with E-state index in [2.05, 4.69) is 40.0 Å². The Morgan fingerprint density at radius 1 is 1.21 bits per heavy atom. The molecule has 0 spiro atoms. The Balaban J connectivity index is 2.08. The molecule has 1 heterocycles. The van der Waals surface area contributed by atoms with E-state index in [0.29, 0.717) is 6.04 Å². The quantitative estimate of drug-likeness (QED) is 0.786. The second kappa shape index (κ2) is 3.49. The summed E-state index contributed by atoms with van der Waals surface area (Å²) in [5.74, 6) is 0. The van der Waals surface area contributed by atoms with Crippen LogP contribution in [0.4, 0.5) is 0 Å². The predicted octanol–water partition coefficient (Wildman–Crippen LogP) is 2.81. The fourth-order valence-corrected chi connectivity index (χ4v) is 3.35. The molecule has 0 saturated carbocycles. The molecule has 1 N–H and O–H groups in total. The smallest absolute Gasteiger partial charge is 0.0335 e. The average Bonchev–Trinajstić information content (AvgIpc) is 2.55. The van der Waals surface area contributed by atoms with Gasteiger partial charge >= 0.3 is 0 Å². The summed E-state index contributed by atoms with van der Waals surface area (Å²) in [6.45, 7) is 1.20. The summed E-state index contributed by atoms with van der Waals surface area (Å²) in [6, 6.07) is 5.29. The summed E-state index contributed by atoms with van der Waals surface area (Å²) in [4.78, 5) is 0. The molecule has 1 nitrogen and oxygen atoms in total. The first-order valence-corrected chi connectivity index (χ1v) is 6.47. The van der Waals surface area contributed by atoms with Gasteiger partial charge in [0.25, 0.3) is 0 Å². The van der Waals surface area contributed by atoms with E-state index >= 15 is 0 Å². The van der Waals surface area contributed by atoms with Crippen molar-refractivity contribution < 1.29 is 0 Å². The van der Waals surface area contributed by atoms with Crippen molar-refractivity contribution in [2.24, 2.45) is 0 Å². The normalized spacial score (nSPS) is 24.5. The fraction of sp³-hybridized carbons (Fsp3) is 0.500. The number of benzene rings is 1. The lowest BCUT2D eigenvalue weighted by molar-refractivity contribution is 0.381. The average molecular weight is 299 g/mol. The molecule has 2 aliphatic rings. The van der Waals surface area contributed by atoms with Crippen molar-refractivity contribution in [3.8, 4) is 0 Å². The standard InChI is InChI=1S/C12H14IN/c13-11-5-4-10(12-6-7-14-12)8-2-1-3-9(8)11/h4-5,12,14H,1-3,6-7H2/t12-/m0/s1. The number of nitrogens with one attached hydrogen (secondary N) is 1. The van der Waals surface area contributed by atoms with E-state index in [1.807, 2.05) is 0 Å². The van der Waals surface area contributed by atoms with Crippen LogP contribution >= 0.6 is 22.6 Å². The molecule has 1 aliphatic heterocycles. The minimum Gasteiger partial charge on any atom is -0.310 e. The van der Waals surface area contributed by atoms with Gasteiger partial charge in [-0.3, -0.25) is 0 Å². The van der Waals surface area contributed by atoms with Crippen molar-refractivity contribution in [2.75, 3.05) is 6.54 Å². The molecule has 1 saturated heterocycles. The van der Waals surface area contributed by atoms with Crippen molar-refractivity contribution in [2.45, 2.75) is 31.7 Å². The van der Waals surface area contributed by atoms with Gasteiger partial charge in [-0.15, -0.1) is 0 Å². The van der Waals surface area contributed by atoms with Crippen LogP contribution in [0.5, 0.6) is 0 Å². The number of hydrogen-bond donors (Lipinski definition) is 1. The molecule has 14 heavy (non-hydrogen) atoms. The topological polar surface area (TPSA) is 12.0 Å². The highest BCUT2D eigenvalue weighted by molar-refractivity contribution is 14.1. The zero-order valence-corrected chi connectivity index (χ0v) is 10.3. The molecule has 1 aromatic carbocycles. The summed E-state index contributed by atoms with van der Waals surface area (Å²) < 4.78 is 1.47. The third-order valence-corrected chi connectivity index (χ3v) is 4.47. The van der Waals surface area contributed by atoms with E-state index in [1.165, 1.54) is 35.8 Å². The molecule has 1 aromatic rings. The van der Waals surface area contributed by atoms with E-state index < -0.39 is 0 Å². The largest absolute Gasteiger partial charge is 0.310 e. The van der Waals surface area contributed by atoms with Crippen molar-refractivity contribution in [1.82, 2.24) is 5.32 Å². The Morgan fingerprint density at radius 3 is 2.71 bits per heavy atom. The fourth-order valence-electron chi connectivity index (χ4n) is 2.57. The zero-order chi connectivity index (χ0) is 9.54. The van der Waals surface area contributed by atoms with E-state index in [9.17, 15) is 0 Å². The number of halogens is 1. The van der Waals surface area contributed by atoms with Gasteiger partial charge in [0.2, 0.25) is 0 Å². The van der Waals surface area contributed by atoms with E-state index in [1.54, 1.807) is 16.7 Å². The van der Waals surface area contributed by atoms with E-state index in [-0.39, 0.29) is 0 Å². The molecule has 0 unspecified atom stereocenters. The lowest BCUT2D eigenvalue weighted by atomic mass is 9.92. The van der Waals surface area contributed by atoms with Crippen LogP contribution in [0, 0.1) is 3.57 Å². The highest BCUT2D eigenvalue weighted by Gasteiger charge is 2.25. The molecule has 0 amide bonds. The predicted molar refractivity (Wildman–Crippen MR) is 66.5 cm³/mol. The van der Waals surface area contributed by atoms with Crippen LogP contribution in [-0.2, 0) is 12.8 Å². The monoisotopic (exact) mass is 299 g/mol. The molecule has 1 atom stereocenters. The van der Waals surface area contributed by atoms with Gasteiger partial charge in [0.1, 0.15) is 0 Å². The highest BCUT2D eigenvalue weighted by Crippen LogP contribution is 2.35. The first-order chi connectivity index (χ1) is 6.86. The molecule has 0 bridgehead atoms. The maximum absolute atomic E-state index is 3.51. The summed E-state index contributed by atoms with van der Waals surface area (Å²) >= 11 is 2.48. The van der Waals surface area contributed by atoms with Crippen LogP contribution in [0.3, 0.4) is 0 Å². The summed E-state index contributed by atoms with van der Waals surface area (Å²) in [6.07, 6.45) is 5.29. The zero-order valence-electron chi connectivity index (χ0n) is 8.15. The van der Waals surface area contributed by atoms with E-state index in [4.69, 9.17) is 0 Å². The third-order valence-electron chi connectivity index (χ3n) is 3.46. The van der Waals surface area contributed by atoms with Crippen molar-refractivity contribution in [1.29, 1.82) is 0 Å². The molecule has 0 aromatic heterocycles. The van der Waals surface area contributed by atoms with E-state index in [0.717, 1.165) is 0 Å². The Hall–Kier alpha value is -0.0900. The minimum absolute atomic E-state index is 0.666. The second-order valence-electron chi connectivity index (χ2n) is 4.24. The lowest BCUT2D eigenvalue weighted by Crippen LogP contribution is -2.35. The van der Waals surface area contributed by atoms with Crippen LogP contribution in [-0.4, -0.2) is 6.54 Å². The minimum atomic E-state index is 0.666. The van der Waals surface area contributed by atoms with Crippen LogP contribution in [0.25, 0.3) is 0 Å². The van der Waals surface area contributed by atoms with Crippen LogP contribution in [0.1, 0.15) is 35.6 Å². The van der Waals surface area contributed by atoms with Crippen molar-refractivity contribution >= 4 is 22.6 Å². The molecular formula is C12H14IN. The first-order valence-electron chi connectivity index (χ1n) is 5.40. The maximum Gasteiger partial charge on any atom is 0.0335 e. The Morgan fingerprint density at radius 2 is 2.00 bits per heavy atom. The molecule has 2 heteroatoms. The van der Waals surface area contributed by atoms with Gasteiger partial charge < -0.3 is 5.32 Å². The summed E-state index contributed by atoms with van der Waals surface area (Å²) in [7, 11) is 0. The molecule has 1 aliphatic carbocycles. The molecule has 0 radical (unpaired) electrons. The molecular weight excluding hydrogens is 285 g/mol. The number of fused-ring (bicyclic) bond motifs is 1. The Kier molecular flexibility index (Phi) is 2.28. The summed E-state index contributed by atoms with van der Waals surface area (Å²) in [5.41, 5.74) is 4.88. The Labute approximate surface area is 98.4 Å². The maximum atomic E-state index is 3.51. The van der Waals surface area contributed by atoms with Gasteiger partial charge in [-0.25, -0.2) is 0 Å². The Bertz CT molecular complexity index is 369.